The lowest BCUT2D eigenvalue weighted by Gasteiger charge is -2.10. The van der Waals surface area contributed by atoms with Gasteiger partial charge in [-0.15, -0.1) is 0 Å². The van der Waals surface area contributed by atoms with E-state index in [0.717, 1.165) is 5.56 Å². The molecule has 0 bridgehead atoms. The van der Waals surface area contributed by atoms with Crippen LogP contribution in [0.25, 0.3) is 0 Å². The number of rotatable bonds is 7. The summed E-state index contributed by atoms with van der Waals surface area (Å²) in [5.41, 5.74) is 0.992. The molecule has 0 saturated heterocycles. The van der Waals surface area contributed by atoms with Crippen LogP contribution < -0.4 is 10.0 Å². The molecule has 0 aliphatic carbocycles. The van der Waals surface area contributed by atoms with Crippen LogP contribution in [-0.2, 0) is 16.6 Å². The Hall–Kier alpha value is -2.25. The Balaban J connectivity index is 2.06. The molecule has 7 heteroatoms. The Labute approximate surface area is 147 Å². The van der Waals surface area contributed by atoms with Crippen molar-refractivity contribution in [1.29, 1.82) is 0 Å². The molecule has 0 atom stereocenters. The zero-order chi connectivity index (χ0) is 18.4. The van der Waals surface area contributed by atoms with E-state index in [9.17, 15) is 17.6 Å². The predicted molar refractivity (Wildman–Crippen MR) is 94.0 cm³/mol. The van der Waals surface area contributed by atoms with Gasteiger partial charge in [0.15, 0.2) is 0 Å². The lowest BCUT2D eigenvalue weighted by Crippen LogP contribution is -2.28. The van der Waals surface area contributed by atoms with Gasteiger partial charge >= 0.3 is 0 Å². The van der Waals surface area contributed by atoms with Crippen molar-refractivity contribution in [3.05, 3.63) is 65.5 Å². The normalized spacial score (nSPS) is 11.5. The van der Waals surface area contributed by atoms with Crippen molar-refractivity contribution in [3.63, 3.8) is 0 Å². The van der Waals surface area contributed by atoms with Crippen molar-refractivity contribution in [2.75, 3.05) is 6.54 Å². The molecule has 0 aliphatic heterocycles. The fraction of sp³-hybridized carbons (Fsp3) is 0.278. The van der Waals surface area contributed by atoms with E-state index in [-0.39, 0.29) is 28.7 Å². The van der Waals surface area contributed by atoms with Crippen molar-refractivity contribution in [3.8, 4) is 0 Å². The first-order valence-corrected chi connectivity index (χ1v) is 9.38. The second-order valence-electron chi connectivity index (χ2n) is 6.08. The van der Waals surface area contributed by atoms with Gasteiger partial charge in [0, 0.05) is 18.7 Å². The topological polar surface area (TPSA) is 75.3 Å². The van der Waals surface area contributed by atoms with Gasteiger partial charge in [-0.2, -0.15) is 0 Å². The zero-order valence-electron chi connectivity index (χ0n) is 14.1. The molecule has 0 unspecified atom stereocenters. The van der Waals surface area contributed by atoms with Crippen LogP contribution in [0.3, 0.4) is 0 Å². The Morgan fingerprint density at radius 1 is 1.12 bits per heavy atom. The number of amides is 1. The highest BCUT2D eigenvalue weighted by molar-refractivity contribution is 7.89. The van der Waals surface area contributed by atoms with Gasteiger partial charge in [-0.1, -0.05) is 32.0 Å². The quantitative estimate of drug-likeness (QED) is 0.793. The standard InChI is InChI=1S/C18H21FN2O3S/c1-13(2)11-21-25(23,24)17-5-3-4-15(10-17)18(22)20-12-14-6-8-16(19)9-7-14/h3-10,13,21H,11-12H2,1-2H3,(H,20,22). The minimum atomic E-state index is -3.65. The number of sulfonamides is 1. The first-order chi connectivity index (χ1) is 11.8. The van der Waals surface area contributed by atoms with Crippen LogP contribution in [0.2, 0.25) is 0 Å². The maximum Gasteiger partial charge on any atom is 0.251 e. The van der Waals surface area contributed by atoms with Gasteiger partial charge in [-0.25, -0.2) is 17.5 Å². The summed E-state index contributed by atoms with van der Waals surface area (Å²) >= 11 is 0. The van der Waals surface area contributed by atoms with Crippen LogP contribution in [-0.4, -0.2) is 20.9 Å². The van der Waals surface area contributed by atoms with Crippen LogP contribution in [0.4, 0.5) is 4.39 Å². The summed E-state index contributed by atoms with van der Waals surface area (Å²) in [6.45, 7) is 4.36. The van der Waals surface area contributed by atoms with Crippen molar-refractivity contribution in [2.24, 2.45) is 5.92 Å². The molecule has 2 rings (SSSR count). The average molecular weight is 364 g/mol. The minimum absolute atomic E-state index is 0.0441. The average Bonchev–Trinajstić information content (AvgIpc) is 2.59. The summed E-state index contributed by atoms with van der Waals surface area (Å²) < 4.78 is 39.9. The van der Waals surface area contributed by atoms with Gasteiger partial charge in [-0.3, -0.25) is 4.79 Å². The fourth-order valence-corrected chi connectivity index (χ4v) is 3.31. The number of halogens is 1. The number of carbonyl (C=O) groups is 1. The Kier molecular flexibility index (Phi) is 6.27. The van der Waals surface area contributed by atoms with E-state index in [2.05, 4.69) is 10.0 Å². The molecule has 0 spiro atoms. The number of hydrogen-bond acceptors (Lipinski definition) is 3. The van der Waals surface area contributed by atoms with E-state index in [1.807, 2.05) is 13.8 Å². The summed E-state index contributed by atoms with van der Waals surface area (Å²) in [4.78, 5) is 12.3. The zero-order valence-corrected chi connectivity index (χ0v) is 14.9. The molecular formula is C18H21FN2O3S. The summed E-state index contributed by atoms with van der Waals surface area (Å²) in [5, 5.41) is 2.69. The van der Waals surface area contributed by atoms with E-state index in [1.54, 1.807) is 18.2 Å². The highest BCUT2D eigenvalue weighted by atomic mass is 32.2. The number of hydrogen-bond donors (Lipinski definition) is 2. The van der Waals surface area contributed by atoms with Crippen molar-refractivity contribution in [1.82, 2.24) is 10.0 Å². The fourth-order valence-electron chi connectivity index (χ4n) is 2.05. The summed E-state index contributed by atoms with van der Waals surface area (Å²) in [6, 6.07) is 11.6. The van der Waals surface area contributed by atoms with Crippen LogP contribution in [0, 0.1) is 11.7 Å². The molecule has 0 aromatic heterocycles. The molecule has 0 heterocycles. The third-order valence-corrected chi connectivity index (χ3v) is 4.88. The number of nitrogens with one attached hydrogen (secondary N) is 2. The first kappa shape index (κ1) is 19.1. The maximum absolute atomic E-state index is 12.9. The maximum atomic E-state index is 12.9. The lowest BCUT2D eigenvalue weighted by atomic mass is 10.2. The monoisotopic (exact) mass is 364 g/mol. The highest BCUT2D eigenvalue weighted by Gasteiger charge is 2.16. The minimum Gasteiger partial charge on any atom is -0.348 e. The van der Waals surface area contributed by atoms with Gasteiger partial charge in [0.25, 0.3) is 5.91 Å². The van der Waals surface area contributed by atoms with Gasteiger partial charge < -0.3 is 5.32 Å². The largest absolute Gasteiger partial charge is 0.348 e. The van der Waals surface area contributed by atoms with E-state index in [4.69, 9.17) is 0 Å². The van der Waals surface area contributed by atoms with Crippen LogP contribution in [0.15, 0.2) is 53.4 Å². The highest BCUT2D eigenvalue weighted by Crippen LogP contribution is 2.12. The van der Waals surface area contributed by atoms with Crippen molar-refractivity contribution in [2.45, 2.75) is 25.3 Å². The van der Waals surface area contributed by atoms with Crippen LogP contribution >= 0.6 is 0 Å². The Morgan fingerprint density at radius 2 is 1.80 bits per heavy atom. The molecule has 2 aromatic rings. The van der Waals surface area contributed by atoms with Gasteiger partial charge in [0.1, 0.15) is 5.82 Å². The summed E-state index contributed by atoms with van der Waals surface area (Å²) in [6.07, 6.45) is 0. The van der Waals surface area contributed by atoms with Gasteiger partial charge in [-0.05, 0) is 41.8 Å². The van der Waals surface area contributed by atoms with Crippen molar-refractivity contribution < 1.29 is 17.6 Å². The number of benzene rings is 2. The Bertz CT molecular complexity index is 834. The van der Waals surface area contributed by atoms with Crippen LogP contribution in [0.1, 0.15) is 29.8 Å². The molecule has 0 saturated carbocycles. The van der Waals surface area contributed by atoms with E-state index in [0.29, 0.717) is 6.54 Å². The molecule has 5 nitrogen and oxygen atoms in total. The smallest absolute Gasteiger partial charge is 0.251 e. The molecule has 25 heavy (non-hydrogen) atoms. The molecule has 2 aromatic carbocycles. The van der Waals surface area contributed by atoms with Gasteiger partial charge in [0.2, 0.25) is 10.0 Å². The first-order valence-electron chi connectivity index (χ1n) is 7.90. The summed E-state index contributed by atoms with van der Waals surface area (Å²) in [5.74, 6) is -0.566. The molecule has 0 radical (unpaired) electrons. The van der Waals surface area contributed by atoms with E-state index < -0.39 is 15.9 Å². The van der Waals surface area contributed by atoms with Gasteiger partial charge in [0.05, 0.1) is 4.90 Å². The lowest BCUT2D eigenvalue weighted by molar-refractivity contribution is 0.0950. The molecule has 2 N–H and O–H groups in total. The summed E-state index contributed by atoms with van der Waals surface area (Å²) in [7, 11) is -3.65. The second kappa shape index (κ2) is 8.22. The predicted octanol–water partition coefficient (Wildman–Crippen LogP) is 2.69. The molecule has 0 fully saturated rings. The molecular weight excluding hydrogens is 343 g/mol. The molecule has 1 amide bonds. The van der Waals surface area contributed by atoms with Crippen molar-refractivity contribution >= 4 is 15.9 Å². The third-order valence-electron chi connectivity index (χ3n) is 3.45. The SMILES string of the molecule is CC(C)CNS(=O)(=O)c1cccc(C(=O)NCc2ccc(F)cc2)c1. The third kappa shape index (κ3) is 5.65. The van der Waals surface area contributed by atoms with E-state index in [1.165, 1.54) is 30.3 Å². The molecule has 0 aliphatic rings. The number of carbonyl (C=O) groups excluding carboxylic acids is 1. The van der Waals surface area contributed by atoms with E-state index >= 15 is 0 Å². The van der Waals surface area contributed by atoms with Crippen LogP contribution in [0.5, 0.6) is 0 Å². The Morgan fingerprint density at radius 3 is 2.44 bits per heavy atom. The molecule has 134 valence electrons. The second-order valence-corrected chi connectivity index (χ2v) is 7.85.